The summed E-state index contributed by atoms with van der Waals surface area (Å²) in [6, 6.07) is 4.76. The van der Waals surface area contributed by atoms with Crippen LogP contribution in [0.15, 0.2) is 29.8 Å². The van der Waals surface area contributed by atoms with Crippen molar-refractivity contribution in [2.45, 2.75) is 44.3 Å². The van der Waals surface area contributed by atoms with Crippen LogP contribution in [0.25, 0.3) is 0 Å². The van der Waals surface area contributed by atoms with E-state index in [0.717, 1.165) is 19.3 Å². The number of phenolic OH excluding ortho intramolecular Hbond substituents is 1. The second kappa shape index (κ2) is 4.92. The summed E-state index contributed by atoms with van der Waals surface area (Å²) in [7, 11) is 0. The number of allylic oxidation sites excluding steroid dienone is 2. The summed E-state index contributed by atoms with van der Waals surface area (Å²) in [4.78, 5) is 12.9. The Morgan fingerprint density at radius 1 is 1.30 bits per heavy atom. The number of carbonyl (C=O) groups is 1. The number of aliphatic hydroxyl groups excluding tert-OH is 1. The van der Waals surface area contributed by atoms with Gasteiger partial charge in [-0.1, -0.05) is 23.8 Å². The molecule has 0 spiro atoms. The number of aliphatic hydroxyl groups is 2. The fraction of sp³-hybridized carbons (Fsp3) is 0.526. The quantitative estimate of drug-likeness (QED) is 0.644. The summed E-state index contributed by atoms with van der Waals surface area (Å²) in [5.74, 6) is -0.559. The number of hydrogen-bond donors (Lipinski definition) is 3. The third-order valence-electron chi connectivity index (χ3n) is 6.19. The Labute approximate surface area is 135 Å². The second-order valence-electron chi connectivity index (χ2n) is 7.42. The average Bonchev–Trinajstić information content (AvgIpc) is 2.52. The standard InChI is InChI=1S/C19H22O4/c1-10-5-6-12-11(9-10)7-8-19(23)16(12)17(21)13-3-2-4-14(20)15(13)18(19)22/h2-5,11-12,16-17,20-21,23H,6-9H2,1H3/t11-,12?,16?,17+,19+/m1/s1. The number of phenols is 1. The molecule has 122 valence electrons. The van der Waals surface area contributed by atoms with Gasteiger partial charge in [0.05, 0.1) is 11.7 Å². The maximum absolute atomic E-state index is 12.9. The molecule has 0 bridgehead atoms. The molecule has 2 unspecified atom stereocenters. The lowest BCUT2D eigenvalue weighted by atomic mass is 9.54. The Morgan fingerprint density at radius 2 is 2.09 bits per heavy atom. The Morgan fingerprint density at radius 3 is 2.87 bits per heavy atom. The van der Waals surface area contributed by atoms with Gasteiger partial charge in [-0.2, -0.15) is 0 Å². The van der Waals surface area contributed by atoms with Crippen molar-refractivity contribution in [2.24, 2.45) is 17.8 Å². The minimum Gasteiger partial charge on any atom is -0.507 e. The molecular weight excluding hydrogens is 292 g/mol. The van der Waals surface area contributed by atoms with E-state index >= 15 is 0 Å². The maximum atomic E-state index is 12.9. The van der Waals surface area contributed by atoms with E-state index in [1.165, 1.54) is 11.6 Å². The van der Waals surface area contributed by atoms with Crippen molar-refractivity contribution in [3.63, 3.8) is 0 Å². The van der Waals surface area contributed by atoms with Crippen LogP contribution in [-0.2, 0) is 0 Å². The molecule has 0 heterocycles. The van der Waals surface area contributed by atoms with Crippen LogP contribution < -0.4 is 0 Å². The molecule has 4 heteroatoms. The van der Waals surface area contributed by atoms with Crippen molar-refractivity contribution < 1.29 is 20.1 Å². The molecule has 4 rings (SSSR count). The van der Waals surface area contributed by atoms with Gasteiger partial charge >= 0.3 is 0 Å². The molecular formula is C19H22O4. The number of benzene rings is 1. The van der Waals surface area contributed by atoms with Crippen LogP contribution >= 0.6 is 0 Å². The second-order valence-corrected chi connectivity index (χ2v) is 7.42. The fourth-order valence-electron chi connectivity index (χ4n) is 5.08. The highest BCUT2D eigenvalue weighted by atomic mass is 16.3. The van der Waals surface area contributed by atoms with Crippen molar-refractivity contribution in [1.82, 2.24) is 0 Å². The Hall–Kier alpha value is -1.65. The zero-order valence-electron chi connectivity index (χ0n) is 13.2. The van der Waals surface area contributed by atoms with Gasteiger partial charge in [-0.05, 0) is 56.1 Å². The normalized spacial score (nSPS) is 39.1. The summed E-state index contributed by atoms with van der Waals surface area (Å²) < 4.78 is 0. The summed E-state index contributed by atoms with van der Waals surface area (Å²) in [5, 5.41) is 32.2. The van der Waals surface area contributed by atoms with E-state index in [4.69, 9.17) is 0 Å². The van der Waals surface area contributed by atoms with Crippen molar-refractivity contribution in [1.29, 1.82) is 0 Å². The van der Waals surface area contributed by atoms with Crippen molar-refractivity contribution in [3.05, 3.63) is 41.0 Å². The third-order valence-corrected chi connectivity index (χ3v) is 6.19. The van der Waals surface area contributed by atoms with E-state index in [9.17, 15) is 20.1 Å². The first-order valence-electron chi connectivity index (χ1n) is 8.36. The number of aromatic hydroxyl groups is 1. The number of Topliss-reactive ketones (excluding diaryl/α,β-unsaturated/α-hetero) is 1. The topological polar surface area (TPSA) is 77.8 Å². The maximum Gasteiger partial charge on any atom is 0.198 e. The number of fused-ring (bicyclic) bond motifs is 4. The van der Waals surface area contributed by atoms with Gasteiger partial charge in [0.2, 0.25) is 0 Å². The first-order valence-corrected chi connectivity index (χ1v) is 8.36. The van der Waals surface area contributed by atoms with Crippen LogP contribution in [-0.4, -0.2) is 26.7 Å². The third kappa shape index (κ3) is 1.95. The molecule has 5 atom stereocenters. The highest BCUT2D eigenvalue weighted by Gasteiger charge is 2.59. The zero-order chi connectivity index (χ0) is 16.4. The van der Waals surface area contributed by atoms with E-state index in [1.54, 1.807) is 12.1 Å². The van der Waals surface area contributed by atoms with Crippen LogP contribution in [0.2, 0.25) is 0 Å². The van der Waals surface area contributed by atoms with Gasteiger partial charge in [0.1, 0.15) is 11.4 Å². The van der Waals surface area contributed by atoms with Gasteiger partial charge in [0, 0.05) is 5.92 Å². The summed E-state index contributed by atoms with van der Waals surface area (Å²) in [5.41, 5.74) is 0.341. The Bertz CT molecular complexity index is 707. The number of hydrogen-bond acceptors (Lipinski definition) is 4. The lowest BCUT2D eigenvalue weighted by molar-refractivity contribution is -0.120. The van der Waals surface area contributed by atoms with Gasteiger partial charge in [-0.25, -0.2) is 0 Å². The van der Waals surface area contributed by atoms with Crippen molar-refractivity contribution in [2.75, 3.05) is 0 Å². The molecule has 23 heavy (non-hydrogen) atoms. The first kappa shape index (κ1) is 14.9. The van der Waals surface area contributed by atoms with Gasteiger partial charge < -0.3 is 15.3 Å². The van der Waals surface area contributed by atoms with Gasteiger partial charge in [0.15, 0.2) is 5.78 Å². The molecule has 0 saturated heterocycles. The monoisotopic (exact) mass is 314 g/mol. The number of carbonyl (C=O) groups excluding carboxylic acids is 1. The predicted molar refractivity (Wildman–Crippen MR) is 85.0 cm³/mol. The molecule has 1 fully saturated rings. The fourth-order valence-corrected chi connectivity index (χ4v) is 5.08. The smallest absolute Gasteiger partial charge is 0.198 e. The summed E-state index contributed by atoms with van der Waals surface area (Å²) >= 11 is 0. The molecule has 3 aliphatic rings. The van der Waals surface area contributed by atoms with Crippen LogP contribution in [0.3, 0.4) is 0 Å². The van der Waals surface area contributed by atoms with Crippen LogP contribution in [0.5, 0.6) is 5.75 Å². The van der Waals surface area contributed by atoms with Crippen LogP contribution in [0, 0.1) is 17.8 Å². The highest BCUT2D eigenvalue weighted by molar-refractivity contribution is 6.07. The average molecular weight is 314 g/mol. The molecule has 3 aliphatic carbocycles. The lowest BCUT2D eigenvalue weighted by Crippen LogP contribution is -2.58. The zero-order valence-corrected chi connectivity index (χ0v) is 13.2. The van der Waals surface area contributed by atoms with E-state index < -0.39 is 23.4 Å². The van der Waals surface area contributed by atoms with Gasteiger partial charge in [-0.15, -0.1) is 0 Å². The molecule has 1 aromatic carbocycles. The Kier molecular flexibility index (Phi) is 3.19. The number of rotatable bonds is 0. The minimum atomic E-state index is -1.56. The van der Waals surface area contributed by atoms with E-state index in [0.29, 0.717) is 17.9 Å². The predicted octanol–water partition coefficient (Wildman–Crippen LogP) is 2.74. The molecule has 0 aromatic heterocycles. The molecule has 4 nitrogen and oxygen atoms in total. The molecule has 1 aromatic rings. The van der Waals surface area contributed by atoms with Crippen LogP contribution in [0.1, 0.15) is 54.6 Å². The lowest BCUT2D eigenvalue weighted by Gasteiger charge is -2.53. The molecule has 0 amide bonds. The summed E-state index contributed by atoms with van der Waals surface area (Å²) in [6.07, 6.45) is 4.16. The highest BCUT2D eigenvalue weighted by Crippen LogP contribution is 2.56. The molecule has 1 saturated carbocycles. The first-order chi connectivity index (χ1) is 10.9. The molecule has 0 aliphatic heterocycles. The summed E-state index contributed by atoms with van der Waals surface area (Å²) in [6.45, 7) is 2.12. The molecule has 0 radical (unpaired) electrons. The van der Waals surface area contributed by atoms with E-state index in [1.807, 2.05) is 0 Å². The van der Waals surface area contributed by atoms with Crippen molar-refractivity contribution in [3.8, 4) is 5.75 Å². The van der Waals surface area contributed by atoms with Gasteiger partial charge in [0.25, 0.3) is 0 Å². The van der Waals surface area contributed by atoms with E-state index in [2.05, 4.69) is 13.0 Å². The van der Waals surface area contributed by atoms with E-state index in [-0.39, 0.29) is 17.2 Å². The largest absolute Gasteiger partial charge is 0.507 e. The number of ketones is 1. The minimum absolute atomic E-state index is 0.0970. The van der Waals surface area contributed by atoms with Crippen LogP contribution in [0.4, 0.5) is 0 Å². The Balaban J connectivity index is 1.85. The molecule has 3 N–H and O–H groups in total. The van der Waals surface area contributed by atoms with Gasteiger partial charge in [-0.3, -0.25) is 4.79 Å². The van der Waals surface area contributed by atoms with Crippen molar-refractivity contribution >= 4 is 5.78 Å². The SMILES string of the molecule is CC1=CCC2C3[C@@H](O)c4cccc(O)c4C(=O)[C@]3(O)CC[C@@H]2C1.